The average molecular weight is 378 g/mol. The first-order chi connectivity index (χ1) is 13.0. The number of methoxy groups -OCH3 is 1. The van der Waals surface area contributed by atoms with Crippen molar-refractivity contribution in [3.05, 3.63) is 53.9 Å². The number of aromatic nitrogens is 1. The highest BCUT2D eigenvalue weighted by molar-refractivity contribution is 5.31. The van der Waals surface area contributed by atoms with Gasteiger partial charge >= 0.3 is 0 Å². The van der Waals surface area contributed by atoms with Crippen LogP contribution in [0.25, 0.3) is 0 Å². The number of aryl methyl sites for hydroxylation is 1. The molecule has 2 unspecified atom stereocenters. The van der Waals surface area contributed by atoms with E-state index in [1.54, 1.807) is 14.0 Å². The van der Waals surface area contributed by atoms with Crippen LogP contribution in [0.1, 0.15) is 17.5 Å². The lowest BCUT2D eigenvalue weighted by atomic mass is 10.2. The number of hydrogen-bond acceptors (Lipinski definition) is 8. The normalized spacial score (nSPS) is 13.4. The Balaban J connectivity index is 1.83. The Labute approximate surface area is 158 Å². The molecule has 0 bridgehead atoms. The van der Waals surface area contributed by atoms with Crippen LogP contribution >= 0.6 is 0 Å². The van der Waals surface area contributed by atoms with Gasteiger partial charge in [0.2, 0.25) is 0 Å². The Morgan fingerprint density at radius 1 is 1.11 bits per heavy atom. The van der Waals surface area contributed by atoms with Gasteiger partial charge in [0.25, 0.3) is 0 Å². The van der Waals surface area contributed by atoms with Crippen molar-refractivity contribution in [3.8, 4) is 11.5 Å². The first-order valence-electron chi connectivity index (χ1n) is 8.57. The molecule has 2 atom stereocenters. The minimum absolute atomic E-state index is 0.00549. The molecule has 2 aromatic rings. The van der Waals surface area contributed by atoms with Gasteiger partial charge in [0, 0.05) is 25.4 Å². The average Bonchev–Trinajstić information content (AvgIpc) is 2.66. The third-order valence-electron chi connectivity index (χ3n) is 3.71. The Hall–Kier alpha value is -2.23. The maximum absolute atomic E-state index is 10.2. The highest BCUT2D eigenvalue weighted by Gasteiger charge is 2.14. The molecule has 0 radical (unpaired) electrons. The highest BCUT2D eigenvalue weighted by Crippen LogP contribution is 2.20. The minimum Gasteiger partial charge on any atom is -0.489 e. The number of ether oxygens (including phenoxy) is 3. The van der Waals surface area contributed by atoms with E-state index >= 15 is 0 Å². The van der Waals surface area contributed by atoms with Crippen LogP contribution in [0, 0.1) is 6.92 Å². The molecular formula is C19H26N2O6. The molecule has 1 aromatic carbocycles. The van der Waals surface area contributed by atoms with Gasteiger partial charge in [-0.2, -0.15) is 0 Å². The Morgan fingerprint density at radius 2 is 1.85 bits per heavy atom. The molecule has 0 aliphatic carbocycles. The molecule has 0 amide bonds. The van der Waals surface area contributed by atoms with Gasteiger partial charge in [0.05, 0.1) is 12.3 Å². The van der Waals surface area contributed by atoms with Gasteiger partial charge in [-0.25, -0.2) is 0 Å². The largest absolute Gasteiger partial charge is 0.489 e. The van der Waals surface area contributed by atoms with Gasteiger partial charge in [-0.1, -0.05) is 18.2 Å². The summed E-state index contributed by atoms with van der Waals surface area (Å²) in [6.45, 7) is 2.26. The van der Waals surface area contributed by atoms with Gasteiger partial charge in [-0.05, 0) is 25.1 Å². The summed E-state index contributed by atoms with van der Waals surface area (Å²) in [7, 11) is 1.57. The molecule has 2 rings (SSSR count). The zero-order chi connectivity index (χ0) is 19.6. The monoisotopic (exact) mass is 378 g/mol. The fourth-order valence-electron chi connectivity index (χ4n) is 2.28. The summed E-state index contributed by atoms with van der Waals surface area (Å²) in [5.74, 6) is 1.08. The lowest BCUT2D eigenvalue weighted by molar-refractivity contribution is -0.0429. The molecule has 0 saturated heterocycles. The van der Waals surface area contributed by atoms with Crippen LogP contribution in [0.5, 0.6) is 11.5 Å². The Morgan fingerprint density at radius 3 is 2.52 bits per heavy atom. The second-order valence-electron chi connectivity index (χ2n) is 5.97. The number of aliphatic hydroxyl groups excluding tert-OH is 2. The topological polar surface area (TPSA) is 113 Å². The van der Waals surface area contributed by atoms with Crippen molar-refractivity contribution < 1.29 is 29.5 Å². The molecule has 0 spiro atoms. The molecule has 0 aliphatic heterocycles. The van der Waals surface area contributed by atoms with E-state index in [1.165, 1.54) is 12.3 Å². The van der Waals surface area contributed by atoms with E-state index in [1.807, 2.05) is 30.3 Å². The van der Waals surface area contributed by atoms with E-state index in [0.717, 1.165) is 0 Å². The van der Waals surface area contributed by atoms with Gasteiger partial charge in [-0.3, -0.25) is 10.3 Å². The van der Waals surface area contributed by atoms with Crippen LogP contribution in [0.2, 0.25) is 0 Å². The molecular weight excluding hydrogens is 352 g/mol. The second-order valence-corrected chi connectivity index (χ2v) is 5.97. The number of rotatable bonds is 11. The summed E-state index contributed by atoms with van der Waals surface area (Å²) in [5, 5.41) is 31.7. The summed E-state index contributed by atoms with van der Waals surface area (Å²) >= 11 is 0. The van der Waals surface area contributed by atoms with Gasteiger partial charge in [-0.15, -0.1) is 0 Å². The number of para-hydroxylation sites is 1. The zero-order valence-electron chi connectivity index (χ0n) is 15.4. The molecule has 0 aliphatic rings. The number of hydrogen-bond donors (Lipinski definition) is 4. The van der Waals surface area contributed by atoms with Crippen LogP contribution in [-0.4, -0.2) is 59.5 Å². The van der Waals surface area contributed by atoms with E-state index in [4.69, 9.17) is 14.2 Å². The van der Waals surface area contributed by atoms with Crippen molar-refractivity contribution in [1.29, 1.82) is 0 Å². The summed E-state index contributed by atoms with van der Waals surface area (Å²) in [5.41, 5.74) is 0.809. The minimum atomic E-state index is -1.63. The summed E-state index contributed by atoms with van der Waals surface area (Å²) in [4.78, 5) is 4.04. The number of pyridine rings is 1. The third-order valence-corrected chi connectivity index (χ3v) is 3.71. The first kappa shape index (κ1) is 21.1. The van der Waals surface area contributed by atoms with E-state index < -0.39 is 18.6 Å². The highest BCUT2D eigenvalue weighted by atomic mass is 16.5. The van der Waals surface area contributed by atoms with Gasteiger partial charge < -0.3 is 29.5 Å². The maximum atomic E-state index is 10.2. The molecule has 148 valence electrons. The number of nitrogens with zero attached hydrogens (tertiary/aromatic N) is 1. The molecule has 0 saturated carbocycles. The van der Waals surface area contributed by atoms with E-state index in [0.29, 0.717) is 23.8 Å². The third kappa shape index (κ3) is 7.12. The van der Waals surface area contributed by atoms with Crippen molar-refractivity contribution in [2.45, 2.75) is 25.5 Å². The number of benzene rings is 1. The molecule has 1 aromatic heterocycles. The SMILES string of the molecule is COCC(NCC(O)COc1cc(C(O)O)cnc1C)Oc1ccccc1. The first-order valence-corrected chi connectivity index (χ1v) is 8.57. The summed E-state index contributed by atoms with van der Waals surface area (Å²) in [6, 6.07) is 10.8. The standard InChI is InChI=1S/C19H26N2O6/c1-13-17(8-14(9-20-13)19(23)24)26-11-15(22)10-21-18(12-25-2)27-16-6-4-3-5-7-16/h3-9,15,18-19,21-24H,10-12H2,1-2H3. The van der Waals surface area contributed by atoms with Crippen LogP contribution in [-0.2, 0) is 4.74 Å². The summed E-state index contributed by atoms with van der Waals surface area (Å²) < 4.78 is 16.5. The van der Waals surface area contributed by atoms with Crippen LogP contribution in [0.3, 0.4) is 0 Å². The van der Waals surface area contributed by atoms with Gasteiger partial charge in [0.1, 0.15) is 24.2 Å². The van der Waals surface area contributed by atoms with Crippen LogP contribution in [0.4, 0.5) is 0 Å². The van der Waals surface area contributed by atoms with Crippen molar-refractivity contribution in [3.63, 3.8) is 0 Å². The number of aliphatic hydroxyl groups is 3. The van der Waals surface area contributed by atoms with E-state index in [2.05, 4.69) is 10.3 Å². The Bertz CT molecular complexity index is 683. The molecule has 4 N–H and O–H groups in total. The Kier molecular flexibility index (Phi) is 8.43. The van der Waals surface area contributed by atoms with Crippen molar-refractivity contribution in [2.75, 3.05) is 26.9 Å². The van der Waals surface area contributed by atoms with E-state index in [-0.39, 0.29) is 18.7 Å². The summed E-state index contributed by atoms with van der Waals surface area (Å²) in [6.07, 6.45) is -1.51. The van der Waals surface area contributed by atoms with Gasteiger partial charge in [0.15, 0.2) is 12.5 Å². The zero-order valence-corrected chi connectivity index (χ0v) is 15.4. The smallest absolute Gasteiger partial charge is 0.180 e. The molecule has 8 heteroatoms. The maximum Gasteiger partial charge on any atom is 0.180 e. The van der Waals surface area contributed by atoms with Crippen LogP contribution < -0.4 is 14.8 Å². The molecule has 8 nitrogen and oxygen atoms in total. The molecule has 0 fully saturated rings. The molecule has 1 heterocycles. The predicted molar refractivity (Wildman–Crippen MR) is 98.4 cm³/mol. The number of nitrogens with one attached hydrogen (secondary N) is 1. The lowest BCUT2D eigenvalue weighted by Crippen LogP contribution is -2.43. The quantitative estimate of drug-likeness (QED) is 0.424. The fraction of sp³-hybridized carbons (Fsp3) is 0.421. The molecule has 27 heavy (non-hydrogen) atoms. The lowest BCUT2D eigenvalue weighted by Gasteiger charge is -2.22. The second kappa shape index (κ2) is 10.8. The fourth-order valence-corrected chi connectivity index (χ4v) is 2.28. The van der Waals surface area contributed by atoms with Crippen molar-refractivity contribution >= 4 is 0 Å². The predicted octanol–water partition coefficient (Wildman–Crippen LogP) is 0.754. The van der Waals surface area contributed by atoms with Crippen molar-refractivity contribution in [2.24, 2.45) is 0 Å². The van der Waals surface area contributed by atoms with E-state index in [9.17, 15) is 15.3 Å². The van der Waals surface area contributed by atoms with Crippen LogP contribution in [0.15, 0.2) is 42.6 Å². The van der Waals surface area contributed by atoms with Crippen molar-refractivity contribution in [1.82, 2.24) is 10.3 Å².